The summed E-state index contributed by atoms with van der Waals surface area (Å²) in [4.78, 5) is 15.6. The van der Waals surface area contributed by atoms with E-state index in [2.05, 4.69) is 25.2 Å². The molecule has 0 spiro atoms. The Kier molecular flexibility index (Phi) is 6.64. The average molecular weight is 470 g/mol. The molecule has 0 bridgehead atoms. The Labute approximate surface area is 198 Å². The molecule has 1 N–H and O–H groups in total. The number of rotatable bonds is 7. The van der Waals surface area contributed by atoms with Gasteiger partial charge < -0.3 is 24.4 Å². The molecule has 1 fully saturated rings. The number of hydrogen-bond acceptors (Lipinski definition) is 8. The zero-order valence-corrected chi connectivity index (χ0v) is 19.5. The van der Waals surface area contributed by atoms with Crippen LogP contribution in [-0.2, 0) is 6.54 Å². The number of anilines is 1. The molecule has 0 aromatic carbocycles. The lowest BCUT2D eigenvalue weighted by atomic mass is 9.93. The van der Waals surface area contributed by atoms with Gasteiger partial charge in [-0.05, 0) is 37.8 Å². The van der Waals surface area contributed by atoms with E-state index < -0.39 is 0 Å². The molecule has 33 heavy (non-hydrogen) atoms. The van der Waals surface area contributed by atoms with Crippen molar-refractivity contribution in [2.75, 3.05) is 44.9 Å². The summed E-state index contributed by atoms with van der Waals surface area (Å²) >= 11 is 6.57. The molecule has 174 valence electrons. The number of hydrogen-bond donors (Lipinski definition) is 1. The predicted molar refractivity (Wildman–Crippen MR) is 128 cm³/mol. The molecule has 9 heteroatoms. The molecule has 0 unspecified atom stereocenters. The van der Waals surface area contributed by atoms with Crippen molar-refractivity contribution < 1.29 is 14.2 Å². The van der Waals surface area contributed by atoms with Gasteiger partial charge in [0.05, 0.1) is 42.1 Å². The molecule has 2 aliphatic rings. The molecule has 2 aliphatic heterocycles. The van der Waals surface area contributed by atoms with Crippen molar-refractivity contribution in [2.45, 2.75) is 25.8 Å². The van der Waals surface area contributed by atoms with Gasteiger partial charge >= 0.3 is 0 Å². The second kappa shape index (κ2) is 9.97. The first kappa shape index (κ1) is 22.0. The van der Waals surface area contributed by atoms with Crippen molar-refractivity contribution in [1.29, 1.82) is 0 Å². The summed E-state index contributed by atoms with van der Waals surface area (Å²) in [5.74, 6) is 2.91. The summed E-state index contributed by atoms with van der Waals surface area (Å²) in [6.07, 6.45) is 8.52. The summed E-state index contributed by atoms with van der Waals surface area (Å²) < 4.78 is 16.5. The van der Waals surface area contributed by atoms with E-state index in [0.29, 0.717) is 35.6 Å². The molecule has 3 aromatic rings. The van der Waals surface area contributed by atoms with Crippen molar-refractivity contribution in [3.8, 4) is 17.2 Å². The normalized spacial score (nSPS) is 16.2. The van der Waals surface area contributed by atoms with Gasteiger partial charge in [-0.2, -0.15) is 0 Å². The number of methoxy groups -OCH3 is 1. The maximum atomic E-state index is 6.57. The fourth-order valence-corrected chi connectivity index (χ4v) is 4.78. The minimum Gasteiger partial charge on any atom is -0.495 e. The monoisotopic (exact) mass is 469 g/mol. The second-order valence-corrected chi connectivity index (χ2v) is 8.82. The third-order valence-electron chi connectivity index (χ3n) is 6.31. The minimum atomic E-state index is 0.583. The molecular formula is C24H28ClN5O3. The molecule has 0 aliphatic carbocycles. The molecule has 0 radical (unpaired) electrons. The second-order valence-electron chi connectivity index (χ2n) is 8.42. The van der Waals surface area contributed by atoms with Crippen LogP contribution in [-0.4, -0.2) is 54.9 Å². The van der Waals surface area contributed by atoms with E-state index in [-0.39, 0.29) is 0 Å². The molecule has 0 atom stereocenters. The zero-order chi connectivity index (χ0) is 22.6. The van der Waals surface area contributed by atoms with Crippen LogP contribution in [0.25, 0.3) is 11.0 Å². The number of piperidine rings is 1. The summed E-state index contributed by atoms with van der Waals surface area (Å²) in [7, 11) is 1.64. The summed E-state index contributed by atoms with van der Waals surface area (Å²) in [5, 5.41) is 5.12. The van der Waals surface area contributed by atoms with Crippen LogP contribution < -0.4 is 24.4 Å². The fourth-order valence-electron chi connectivity index (χ4n) is 4.51. The van der Waals surface area contributed by atoms with Gasteiger partial charge in [0.1, 0.15) is 19.0 Å². The highest BCUT2D eigenvalue weighted by molar-refractivity contribution is 6.34. The SMILES string of the molecule is COc1cnc2ncc(Cl)c(N3CCC(CCNCc4cc5c(cn4)OCCO5)CC3)c2c1. The van der Waals surface area contributed by atoms with Gasteiger partial charge in [0.15, 0.2) is 17.1 Å². The van der Waals surface area contributed by atoms with Gasteiger partial charge in [0, 0.05) is 31.1 Å². The van der Waals surface area contributed by atoms with Gasteiger partial charge in [-0.1, -0.05) is 11.6 Å². The average Bonchev–Trinajstić information content (AvgIpc) is 2.86. The van der Waals surface area contributed by atoms with Crippen molar-refractivity contribution in [3.05, 3.63) is 41.4 Å². The van der Waals surface area contributed by atoms with Crippen LogP contribution in [0.3, 0.4) is 0 Å². The maximum Gasteiger partial charge on any atom is 0.179 e. The number of pyridine rings is 3. The van der Waals surface area contributed by atoms with Crippen LogP contribution >= 0.6 is 11.6 Å². The predicted octanol–water partition coefficient (Wildman–Crippen LogP) is 3.85. The Morgan fingerprint density at radius 1 is 1.06 bits per heavy atom. The van der Waals surface area contributed by atoms with E-state index >= 15 is 0 Å². The first-order valence-electron chi connectivity index (χ1n) is 11.4. The topological polar surface area (TPSA) is 81.6 Å². The largest absolute Gasteiger partial charge is 0.495 e. The third kappa shape index (κ3) is 4.91. The zero-order valence-electron chi connectivity index (χ0n) is 18.7. The standard InChI is InChI=1S/C24H28ClN5O3/c1-31-18-11-19-23(20(25)14-29-24(19)28-13-18)30-6-3-16(4-7-30)2-5-26-12-17-10-21-22(15-27-17)33-9-8-32-21/h10-11,13-16,26H,2-9,12H2,1H3. The van der Waals surface area contributed by atoms with Crippen LogP contribution in [0.4, 0.5) is 5.69 Å². The van der Waals surface area contributed by atoms with Crippen molar-refractivity contribution in [2.24, 2.45) is 5.92 Å². The van der Waals surface area contributed by atoms with Crippen LogP contribution in [0.15, 0.2) is 30.7 Å². The van der Waals surface area contributed by atoms with Gasteiger partial charge in [-0.25, -0.2) is 9.97 Å². The Balaban J connectivity index is 1.13. The number of aromatic nitrogens is 3. The first-order chi connectivity index (χ1) is 16.2. The minimum absolute atomic E-state index is 0.583. The molecule has 3 aromatic heterocycles. The van der Waals surface area contributed by atoms with Crippen molar-refractivity contribution in [1.82, 2.24) is 20.3 Å². The molecule has 5 rings (SSSR count). The molecular weight excluding hydrogens is 442 g/mol. The van der Waals surface area contributed by atoms with Crippen LogP contribution in [0.2, 0.25) is 5.02 Å². The van der Waals surface area contributed by atoms with Crippen LogP contribution in [0.5, 0.6) is 17.2 Å². The highest BCUT2D eigenvalue weighted by Gasteiger charge is 2.23. The van der Waals surface area contributed by atoms with E-state index in [1.807, 2.05) is 12.1 Å². The lowest BCUT2D eigenvalue weighted by Gasteiger charge is -2.34. The fraction of sp³-hybridized carbons (Fsp3) is 0.458. The maximum absolute atomic E-state index is 6.57. The highest BCUT2D eigenvalue weighted by atomic mass is 35.5. The summed E-state index contributed by atoms with van der Waals surface area (Å²) in [6.45, 7) is 4.78. The molecule has 0 saturated carbocycles. The van der Waals surface area contributed by atoms with E-state index in [4.69, 9.17) is 25.8 Å². The highest BCUT2D eigenvalue weighted by Crippen LogP contribution is 2.36. The van der Waals surface area contributed by atoms with E-state index in [9.17, 15) is 0 Å². The van der Waals surface area contributed by atoms with E-state index in [1.165, 1.54) is 0 Å². The Morgan fingerprint density at radius 3 is 2.67 bits per heavy atom. The Hall–Kier alpha value is -2.84. The van der Waals surface area contributed by atoms with Crippen LogP contribution in [0.1, 0.15) is 25.0 Å². The number of fused-ring (bicyclic) bond motifs is 2. The third-order valence-corrected chi connectivity index (χ3v) is 6.59. The van der Waals surface area contributed by atoms with E-state index in [0.717, 1.165) is 73.7 Å². The first-order valence-corrected chi connectivity index (χ1v) is 11.8. The smallest absolute Gasteiger partial charge is 0.179 e. The Morgan fingerprint density at radius 2 is 1.85 bits per heavy atom. The molecule has 0 amide bonds. The number of ether oxygens (including phenoxy) is 3. The Bertz CT molecular complexity index is 1120. The van der Waals surface area contributed by atoms with Crippen molar-refractivity contribution >= 4 is 28.3 Å². The lowest BCUT2D eigenvalue weighted by molar-refractivity contribution is 0.170. The molecule has 5 heterocycles. The number of nitrogens with one attached hydrogen (secondary N) is 1. The quantitative estimate of drug-likeness (QED) is 0.522. The number of nitrogens with zero attached hydrogens (tertiary/aromatic N) is 4. The summed E-state index contributed by atoms with van der Waals surface area (Å²) in [6, 6.07) is 3.94. The van der Waals surface area contributed by atoms with Gasteiger partial charge in [0.2, 0.25) is 0 Å². The van der Waals surface area contributed by atoms with Gasteiger partial charge in [-0.15, -0.1) is 0 Å². The molecule has 1 saturated heterocycles. The van der Waals surface area contributed by atoms with Gasteiger partial charge in [-0.3, -0.25) is 4.98 Å². The summed E-state index contributed by atoms with van der Waals surface area (Å²) in [5.41, 5.74) is 2.67. The van der Waals surface area contributed by atoms with E-state index in [1.54, 1.807) is 25.7 Å². The van der Waals surface area contributed by atoms with Crippen LogP contribution in [0, 0.1) is 5.92 Å². The van der Waals surface area contributed by atoms with Crippen molar-refractivity contribution in [3.63, 3.8) is 0 Å². The van der Waals surface area contributed by atoms with Gasteiger partial charge in [0.25, 0.3) is 0 Å². The molecule has 8 nitrogen and oxygen atoms in total. The lowest BCUT2D eigenvalue weighted by Crippen LogP contribution is -2.35. The number of halogens is 1.